The summed E-state index contributed by atoms with van der Waals surface area (Å²) in [6.07, 6.45) is -5.34. The van der Waals surface area contributed by atoms with Gasteiger partial charge in [0.2, 0.25) is 5.91 Å². The van der Waals surface area contributed by atoms with Crippen LogP contribution in [0.1, 0.15) is 17.5 Å². The van der Waals surface area contributed by atoms with Crippen LogP contribution < -0.4 is 4.90 Å². The van der Waals surface area contributed by atoms with E-state index >= 15 is 0 Å². The normalized spacial score (nSPS) is 21.3. The minimum absolute atomic E-state index is 0.136. The van der Waals surface area contributed by atoms with Crippen LogP contribution in [0.2, 0.25) is 0 Å². The number of carbonyl (C=O) groups excluding carboxylic acids is 1. The molecule has 1 saturated heterocycles. The molecule has 0 saturated carbocycles. The lowest BCUT2D eigenvalue weighted by atomic mass is 10.0. The number of aryl methyl sites for hydroxylation is 2. The number of carbonyl (C=O) groups is 1. The van der Waals surface area contributed by atoms with Crippen molar-refractivity contribution in [1.82, 2.24) is 0 Å². The minimum Gasteiger partial charge on any atom is -0.312 e. The topological polar surface area (TPSA) is 20.3 Å². The maximum absolute atomic E-state index is 13.3. The van der Waals surface area contributed by atoms with E-state index in [2.05, 4.69) is 0 Å². The predicted octanol–water partition coefficient (Wildman–Crippen LogP) is 3.26. The Morgan fingerprint density at radius 1 is 1.16 bits per heavy atom. The van der Waals surface area contributed by atoms with Gasteiger partial charge in [-0.2, -0.15) is 0 Å². The van der Waals surface area contributed by atoms with E-state index in [9.17, 15) is 18.0 Å². The Hall–Kier alpha value is -1.52. The number of halogens is 3. The molecule has 2 rings (SSSR count). The summed E-state index contributed by atoms with van der Waals surface area (Å²) < 4.78 is 38.1. The van der Waals surface area contributed by atoms with E-state index in [1.807, 2.05) is 32.0 Å². The van der Waals surface area contributed by atoms with Crippen molar-refractivity contribution in [3.05, 3.63) is 29.3 Å². The summed E-state index contributed by atoms with van der Waals surface area (Å²) in [5, 5.41) is 0. The molecule has 0 radical (unpaired) electrons. The summed E-state index contributed by atoms with van der Waals surface area (Å²) in [6, 6.07) is 5.57. The fourth-order valence-corrected chi connectivity index (χ4v) is 2.54. The number of amides is 1. The summed E-state index contributed by atoms with van der Waals surface area (Å²) in [7, 11) is 0. The van der Waals surface area contributed by atoms with Crippen LogP contribution in [0.3, 0.4) is 0 Å². The van der Waals surface area contributed by atoms with Crippen molar-refractivity contribution in [2.75, 3.05) is 11.4 Å². The van der Waals surface area contributed by atoms with Crippen molar-refractivity contribution < 1.29 is 18.0 Å². The molecule has 2 nitrogen and oxygen atoms in total. The van der Waals surface area contributed by atoms with Gasteiger partial charge in [-0.1, -0.05) is 6.07 Å². The van der Waals surface area contributed by atoms with Gasteiger partial charge in [-0.25, -0.2) is 13.2 Å². The number of alkyl halides is 3. The second-order valence-electron chi connectivity index (χ2n) is 5.01. The molecule has 19 heavy (non-hydrogen) atoms. The maximum Gasteiger partial charge on any atom is 0.270 e. The molecule has 0 aliphatic carbocycles. The van der Waals surface area contributed by atoms with Gasteiger partial charge in [0, 0.05) is 12.2 Å². The van der Waals surface area contributed by atoms with Crippen molar-refractivity contribution in [1.29, 1.82) is 0 Å². The molecular formula is C14H16F3NO. The Bertz CT molecular complexity index is 469. The fourth-order valence-electron chi connectivity index (χ4n) is 2.54. The van der Waals surface area contributed by atoms with Crippen LogP contribution in [0.4, 0.5) is 18.9 Å². The molecule has 1 fully saturated rings. The standard InChI is InChI=1S/C14H16F3NO/c1-8-5-9(2)7-10(6-8)18-4-3-11(14(18)19)12(15)13(16)17/h5-7,11-13H,3-4H2,1-2H3. The van der Waals surface area contributed by atoms with E-state index in [1.54, 1.807) is 0 Å². The summed E-state index contributed by atoms with van der Waals surface area (Å²) in [5.41, 5.74) is 2.63. The molecule has 104 valence electrons. The molecule has 0 aromatic heterocycles. The molecule has 1 aromatic rings. The third-order valence-corrected chi connectivity index (χ3v) is 3.39. The van der Waals surface area contributed by atoms with Gasteiger partial charge in [0.05, 0.1) is 5.92 Å². The highest BCUT2D eigenvalue weighted by atomic mass is 19.3. The van der Waals surface area contributed by atoms with Crippen molar-refractivity contribution in [2.45, 2.75) is 32.9 Å². The highest BCUT2D eigenvalue weighted by Gasteiger charge is 2.42. The molecule has 1 aromatic carbocycles. The summed E-state index contributed by atoms with van der Waals surface area (Å²) in [5.74, 6) is -1.77. The number of benzene rings is 1. The van der Waals surface area contributed by atoms with Crippen molar-refractivity contribution in [2.24, 2.45) is 5.92 Å². The van der Waals surface area contributed by atoms with Gasteiger partial charge in [-0.05, 0) is 43.5 Å². The Labute approximate surface area is 110 Å². The van der Waals surface area contributed by atoms with Gasteiger partial charge >= 0.3 is 0 Å². The predicted molar refractivity (Wildman–Crippen MR) is 67.3 cm³/mol. The summed E-state index contributed by atoms with van der Waals surface area (Å²) >= 11 is 0. The highest BCUT2D eigenvalue weighted by Crippen LogP contribution is 2.31. The zero-order valence-electron chi connectivity index (χ0n) is 10.9. The Balaban J connectivity index is 2.22. The first-order valence-corrected chi connectivity index (χ1v) is 6.22. The van der Waals surface area contributed by atoms with E-state index in [0.717, 1.165) is 11.1 Å². The van der Waals surface area contributed by atoms with Gasteiger partial charge in [0.15, 0.2) is 6.17 Å². The molecule has 1 aliphatic heterocycles. The lowest BCUT2D eigenvalue weighted by Crippen LogP contribution is -2.33. The average molecular weight is 271 g/mol. The molecule has 1 amide bonds. The number of hydrogen-bond donors (Lipinski definition) is 0. The SMILES string of the molecule is Cc1cc(C)cc(N2CCC(C(F)C(F)F)C2=O)c1. The first kappa shape index (κ1) is 13.9. The quantitative estimate of drug-likeness (QED) is 0.826. The first-order valence-electron chi connectivity index (χ1n) is 6.22. The fraction of sp³-hybridized carbons (Fsp3) is 0.500. The zero-order chi connectivity index (χ0) is 14.2. The van der Waals surface area contributed by atoms with E-state index < -0.39 is 24.4 Å². The van der Waals surface area contributed by atoms with Crippen LogP contribution in [-0.4, -0.2) is 25.0 Å². The van der Waals surface area contributed by atoms with Crippen molar-refractivity contribution in [3.8, 4) is 0 Å². The first-order chi connectivity index (χ1) is 8.90. The van der Waals surface area contributed by atoms with Crippen LogP contribution in [0, 0.1) is 19.8 Å². The average Bonchev–Trinajstić information content (AvgIpc) is 2.68. The van der Waals surface area contributed by atoms with Crippen LogP contribution in [0.15, 0.2) is 18.2 Å². The number of rotatable bonds is 3. The number of hydrogen-bond acceptors (Lipinski definition) is 1. The lowest BCUT2D eigenvalue weighted by molar-refractivity contribution is -0.124. The van der Waals surface area contributed by atoms with Crippen LogP contribution in [0.5, 0.6) is 0 Å². The molecular weight excluding hydrogens is 255 g/mol. The van der Waals surface area contributed by atoms with Gasteiger partial charge in [0.25, 0.3) is 6.43 Å². The molecule has 0 N–H and O–H groups in total. The number of anilines is 1. The van der Waals surface area contributed by atoms with E-state index in [4.69, 9.17) is 0 Å². The van der Waals surface area contributed by atoms with E-state index in [-0.39, 0.29) is 6.42 Å². The van der Waals surface area contributed by atoms with Gasteiger partial charge < -0.3 is 4.90 Å². The third-order valence-electron chi connectivity index (χ3n) is 3.39. The summed E-state index contributed by atoms with van der Waals surface area (Å²) in [6.45, 7) is 4.08. The summed E-state index contributed by atoms with van der Waals surface area (Å²) in [4.78, 5) is 13.4. The zero-order valence-corrected chi connectivity index (χ0v) is 10.9. The largest absolute Gasteiger partial charge is 0.312 e. The van der Waals surface area contributed by atoms with Crippen molar-refractivity contribution in [3.63, 3.8) is 0 Å². The second-order valence-corrected chi connectivity index (χ2v) is 5.01. The Morgan fingerprint density at radius 2 is 1.74 bits per heavy atom. The molecule has 2 unspecified atom stereocenters. The minimum atomic E-state index is -3.10. The smallest absolute Gasteiger partial charge is 0.270 e. The molecule has 0 bridgehead atoms. The van der Waals surface area contributed by atoms with Crippen LogP contribution in [-0.2, 0) is 4.79 Å². The van der Waals surface area contributed by atoms with E-state index in [1.165, 1.54) is 4.90 Å². The maximum atomic E-state index is 13.3. The second kappa shape index (κ2) is 5.23. The molecule has 0 spiro atoms. The van der Waals surface area contributed by atoms with Crippen LogP contribution in [0.25, 0.3) is 0 Å². The van der Waals surface area contributed by atoms with Crippen molar-refractivity contribution >= 4 is 11.6 Å². The molecule has 1 aliphatic rings. The van der Waals surface area contributed by atoms with Gasteiger partial charge in [0.1, 0.15) is 0 Å². The monoisotopic (exact) mass is 271 g/mol. The lowest BCUT2D eigenvalue weighted by Gasteiger charge is -2.19. The van der Waals surface area contributed by atoms with Crippen LogP contribution >= 0.6 is 0 Å². The highest BCUT2D eigenvalue weighted by molar-refractivity contribution is 5.97. The Morgan fingerprint density at radius 3 is 2.26 bits per heavy atom. The molecule has 5 heteroatoms. The molecule has 2 atom stereocenters. The van der Waals surface area contributed by atoms with E-state index in [0.29, 0.717) is 12.2 Å². The Kier molecular flexibility index (Phi) is 3.83. The molecule has 1 heterocycles. The third kappa shape index (κ3) is 2.74. The number of nitrogens with zero attached hydrogens (tertiary/aromatic N) is 1. The van der Waals surface area contributed by atoms with Gasteiger partial charge in [-0.15, -0.1) is 0 Å². The van der Waals surface area contributed by atoms with Gasteiger partial charge in [-0.3, -0.25) is 4.79 Å².